The summed E-state index contributed by atoms with van der Waals surface area (Å²) in [4.78, 5) is 2.69. The zero-order valence-corrected chi connectivity index (χ0v) is 13.1. The molecule has 1 aromatic rings. The van der Waals surface area contributed by atoms with Gasteiger partial charge in [-0.1, -0.05) is 12.1 Å². The summed E-state index contributed by atoms with van der Waals surface area (Å²) in [7, 11) is -1.45. The lowest BCUT2D eigenvalue weighted by atomic mass is 9.91. The third-order valence-corrected chi connectivity index (χ3v) is 5.94. The van der Waals surface area contributed by atoms with Crippen LogP contribution in [0.5, 0.6) is 0 Å². The highest BCUT2D eigenvalue weighted by molar-refractivity contribution is 7.89. The third kappa shape index (κ3) is 3.07. The summed E-state index contributed by atoms with van der Waals surface area (Å²) in [6, 6.07) is 8.25. The van der Waals surface area contributed by atoms with E-state index in [4.69, 9.17) is 5.14 Å². The first-order valence-corrected chi connectivity index (χ1v) is 9.07. The van der Waals surface area contributed by atoms with Gasteiger partial charge in [0.2, 0.25) is 10.0 Å². The van der Waals surface area contributed by atoms with Crippen molar-refractivity contribution < 1.29 is 8.42 Å². The average Bonchev–Trinajstić information content (AvgIpc) is 2.66. The Morgan fingerprint density at radius 2 is 1.86 bits per heavy atom. The monoisotopic (exact) mass is 309 g/mol. The lowest BCUT2D eigenvalue weighted by Gasteiger charge is -2.36. The van der Waals surface area contributed by atoms with Gasteiger partial charge in [0, 0.05) is 18.6 Å². The summed E-state index contributed by atoms with van der Waals surface area (Å²) in [5.41, 5.74) is 0.617. The molecule has 1 aromatic carbocycles. The number of hydrogen-bond acceptors (Lipinski definition) is 4. The number of primary sulfonamides is 1. The standard InChI is InChI=1S/C15H23N3O2S/c1-18-12-6-7-13(18)9-11(8-12)10-17-14-4-2-3-5-15(14)21(16,19)20/h2-5,11-13,17H,6-10H2,1H3,(H2,16,19,20). The van der Waals surface area contributed by atoms with Gasteiger partial charge >= 0.3 is 0 Å². The van der Waals surface area contributed by atoms with Crippen molar-refractivity contribution in [2.24, 2.45) is 11.1 Å². The molecule has 3 rings (SSSR count). The molecule has 0 amide bonds. The Morgan fingerprint density at radius 3 is 2.48 bits per heavy atom. The van der Waals surface area contributed by atoms with Crippen LogP contribution in [-0.4, -0.2) is 39.0 Å². The second-order valence-electron chi connectivity index (χ2n) is 6.31. The molecule has 2 aliphatic heterocycles. The maximum atomic E-state index is 11.6. The molecule has 116 valence electrons. The Labute approximate surface area is 126 Å². The third-order valence-electron chi connectivity index (χ3n) is 4.97. The minimum absolute atomic E-state index is 0.181. The normalized spacial score (nSPS) is 29.5. The number of rotatable bonds is 4. The summed E-state index contributed by atoms with van der Waals surface area (Å²) in [6.45, 7) is 0.813. The molecule has 2 saturated heterocycles. The van der Waals surface area contributed by atoms with Crippen LogP contribution in [0, 0.1) is 5.92 Å². The topological polar surface area (TPSA) is 75.4 Å². The van der Waals surface area contributed by atoms with Gasteiger partial charge < -0.3 is 10.2 Å². The maximum Gasteiger partial charge on any atom is 0.240 e. The highest BCUT2D eigenvalue weighted by atomic mass is 32.2. The number of sulfonamides is 1. The highest BCUT2D eigenvalue weighted by Gasteiger charge is 2.38. The van der Waals surface area contributed by atoms with Gasteiger partial charge in [-0.2, -0.15) is 0 Å². The number of para-hydroxylation sites is 1. The second kappa shape index (κ2) is 5.59. The molecule has 0 aliphatic carbocycles. The molecule has 0 spiro atoms. The second-order valence-corrected chi connectivity index (χ2v) is 7.84. The summed E-state index contributed by atoms with van der Waals surface area (Å²) in [5.74, 6) is 0.604. The van der Waals surface area contributed by atoms with E-state index in [1.165, 1.54) is 25.7 Å². The zero-order chi connectivity index (χ0) is 15.0. The van der Waals surface area contributed by atoms with Gasteiger partial charge in [-0.3, -0.25) is 0 Å². The summed E-state index contributed by atoms with van der Waals surface area (Å²) >= 11 is 0. The van der Waals surface area contributed by atoms with Crippen LogP contribution in [0.1, 0.15) is 25.7 Å². The summed E-state index contributed by atoms with van der Waals surface area (Å²) in [6.07, 6.45) is 4.98. The molecule has 2 unspecified atom stereocenters. The van der Waals surface area contributed by atoms with E-state index in [-0.39, 0.29) is 4.90 Å². The first-order valence-electron chi connectivity index (χ1n) is 7.53. The number of nitrogens with one attached hydrogen (secondary N) is 1. The molecule has 2 aliphatic rings. The number of hydrogen-bond donors (Lipinski definition) is 2. The molecule has 0 saturated carbocycles. The van der Waals surface area contributed by atoms with Crippen molar-refractivity contribution >= 4 is 15.7 Å². The average molecular weight is 309 g/mol. The molecule has 2 atom stereocenters. The predicted octanol–water partition coefficient (Wildman–Crippen LogP) is 1.62. The van der Waals surface area contributed by atoms with Crippen LogP contribution in [0.25, 0.3) is 0 Å². The first kappa shape index (κ1) is 14.8. The van der Waals surface area contributed by atoms with E-state index < -0.39 is 10.0 Å². The Hall–Kier alpha value is -1.11. The van der Waals surface area contributed by atoms with Crippen molar-refractivity contribution in [3.8, 4) is 0 Å². The van der Waals surface area contributed by atoms with Gasteiger partial charge in [-0.15, -0.1) is 0 Å². The van der Waals surface area contributed by atoms with Crippen LogP contribution in [0.4, 0.5) is 5.69 Å². The summed E-state index contributed by atoms with van der Waals surface area (Å²) < 4.78 is 23.2. The van der Waals surface area contributed by atoms with Crippen molar-refractivity contribution in [1.82, 2.24) is 4.90 Å². The van der Waals surface area contributed by atoms with Gasteiger partial charge in [0.05, 0.1) is 5.69 Å². The summed E-state index contributed by atoms with van der Waals surface area (Å²) in [5, 5.41) is 8.56. The molecule has 21 heavy (non-hydrogen) atoms. The molecule has 6 heteroatoms. The van der Waals surface area contributed by atoms with Crippen molar-refractivity contribution in [1.29, 1.82) is 0 Å². The molecule has 5 nitrogen and oxygen atoms in total. The van der Waals surface area contributed by atoms with Crippen LogP contribution >= 0.6 is 0 Å². The lowest BCUT2D eigenvalue weighted by Crippen LogP contribution is -2.41. The van der Waals surface area contributed by atoms with E-state index in [2.05, 4.69) is 17.3 Å². The Morgan fingerprint density at radius 1 is 1.24 bits per heavy atom. The van der Waals surface area contributed by atoms with Gasteiger partial charge in [0.15, 0.2) is 0 Å². The molecular formula is C15H23N3O2S. The SMILES string of the molecule is CN1C2CCC1CC(CNc1ccccc1S(N)(=O)=O)C2. The van der Waals surface area contributed by atoms with Crippen LogP contribution in [0.3, 0.4) is 0 Å². The Kier molecular flexibility index (Phi) is 3.94. The number of benzene rings is 1. The number of nitrogens with two attached hydrogens (primary N) is 1. The van der Waals surface area contributed by atoms with E-state index in [9.17, 15) is 8.42 Å². The largest absolute Gasteiger partial charge is 0.384 e. The number of fused-ring (bicyclic) bond motifs is 2. The van der Waals surface area contributed by atoms with E-state index in [0.29, 0.717) is 23.7 Å². The zero-order valence-electron chi connectivity index (χ0n) is 12.3. The van der Waals surface area contributed by atoms with Crippen molar-refractivity contribution in [3.05, 3.63) is 24.3 Å². The molecule has 2 heterocycles. The molecule has 2 fully saturated rings. The Bertz CT molecular complexity index is 603. The smallest absolute Gasteiger partial charge is 0.240 e. The number of anilines is 1. The maximum absolute atomic E-state index is 11.6. The van der Waals surface area contributed by atoms with E-state index >= 15 is 0 Å². The van der Waals surface area contributed by atoms with Gasteiger partial charge in [0.1, 0.15) is 4.90 Å². The van der Waals surface area contributed by atoms with E-state index in [1.54, 1.807) is 18.2 Å². The number of piperidine rings is 1. The van der Waals surface area contributed by atoms with E-state index in [1.807, 2.05) is 6.07 Å². The lowest BCUT2D eigenvalue weighted by molar-refractivity contribution is 0.139. The number of nitrogens with zero attached hydrogens (tertiary/aromatic N) is 1. The van der Waals surface area contributed by atoms with Gasteiger partial charge in [-0.25, -0.2) is 13.6 Å². The van der Waals surface area contributed by atoms with Crippen LogP contribution in [0.15, 0.2) is 29.2 Å². The fourth-order valence-corrected chi connectivity index (χ4v) is 4.52. The van der Waals surface area contributed by atoms with E-state index in [0.717, 1.165) is 6.54 Å². The fraction of sp³-hybridized carbons (Fsp3) is 0.600. The highest BCUT2D eigenvalue weighted by Crippen LogP contribution is 2.37. The first-order chi connectivity index (χ1) is 9.95. The van der Waals surface area contributed by atoms with Crippen LogP contribution in [0.2, 0.25) is 0 Å². The molecule has 3 N–H and O–H groups in total. The van der Waals surface area contributed by atoms with Crippen molar-refractivity contribution in [2.45, 2.75) is 42.7 Å². The van der Waals surface area contributed by atoms with Crippen LogP contribution in [-0.2, 0) is 10.0 Å². The molecular weight excluding hydrogens is 286 g/mol. The minimum atomic E-state index is -3.68. The molecule has 0 aromatic heterocycles. The fourth-order valence-electron chi connectivity index (χ4n) is 3.81. The predicted molar refractivity (Wildman–Crippen MR) is 83.6 cm³/mol. The van der Waals surface area contributed by atoms with Crippen molar-refractivity contribution in [2.75, 3.05) is 18.9 Å². The molecule has 0 radical (unpaired) electrons. The quantitative estimate of drug-likeness (QED) is 0.886. The van der Waals surface area contributed by atoms with Gasteiger partial charge in [-0.05, 0) is 50.8 Å². The van der Waals surface area contributed by atoms with Crippen LogP contribution < -0.4 is 10.5 Å². The molecule has 2 bridgehead atoms. The minimum Gasteiger partial charge on any atom is -0.384 e. The van der Waals surface area contributed by atoms with Gasteiger partial charge in [0.25, 0.3) is 0 Å². The van der Waals surface area contributed by atoms with Crippen molar-refractivity contribution in [3.63, 3.8) is 0 Å². The Balaban J connectivity index is 1.67.